The maximum absolute atomic E-state index is 12.8. The van der Waals surface area contributed by atoms with E-state index < -0.39 is 22.6 Å². The fraction of sp³-hybridized carbons (Fsp3) is 0.278. The van der Waals surface area contributed by atoms with Crippen molar-refractivity contribution in [2.75, 3.05) is 21.3 Å². The smallest absolute Gasteiger partial charge is 0.327 e. The van der Waals surface area contributed by atoms with E-state index in [1.807, 2.05) is 0 Å². The lowest BCUT2D eigenvalue weighted by Gasteiger charge is -2.17. The van der Waals surface area contributed by atoms with E-state index in [1.165, 1.54) is 27.4 Å². The Morgan fingerprint density at radius 3 is 2.33 bits per heavy atom. The van der Waals surface area contributed by atoms with Gasteiger partial charge in [0.1, 0.15) is 5.56 Å². The summed E-state index contributed by atoms with van der Waals surface area (Å²) in [4.78, 5) is 23.7. The van der Waals surface area contributed by atoms with Crippen LogP contribution in [0.1, 0.15) is 28.9 Å². The van der Waals surface area contributed by atoms with Crippen molar-refractivity contribution in [1.82, 2.24) is 5.32 Å². The van der Waals surface area contributed by atoms with E-state index in [1.54, 1.807) is 31.2 Å². The third-order valence-corrected chi connectivity index (χ3v) is 4.16. The van der Waals surface area contributed by atoms with Gasteiger partial charge in [0.05, 0.1) is 32.3 Å². The molecule has 1 atom stereocenters. The molecule has 0 fully saturated rings. The second kappa shape index (κ2) is 8.59. The fourth-order valence-corrected chi connectivity index (χ4v) is 2.83. The van der Waals surface area contributed by atoms with Gasteiger partial charge in [0.15, 0.2) is 5.75 Å². The van der Waals surface area contributed by atoms with Gasteiger partial charge in [0, 0.05) is 11.1 Å². The molecule has 2 aromatic rings. The van der Waals surface area contributed by atoms with E-state index in [2.05, 4.69) is 5.32 Å². The van der Waals surface area contributed by atoms with Crippen LogP contribution >= 0.6 is 11.6 Å². The quantitative estimate of drug-likeness (QED) is 0.566. The molecule has 1 N–H and O–H groups in total. The molecule has 0 spiro atoms. The molecule has 0 aliphatic carbocycles. The maximum Gasteiger partial charge on any atom is 0.327 e. The minimum absolute atomic E-state index is 0.0335. The number of hydrogen-bond donors (Lipinski definition) is 1. The van der Waals surface area contributed by atoms with Gasteiger partial charge in [-0.1, -0.05) is 23.7 Å². The predicted octanol–water partition coefficient (Wildman–Crippen LogP) is 3.77. The number of ether oxygens (including phenoxy) is 3. The first-order valence-corrected chi connectivity index (χ1v) is 8.25. The summed E-state index contributed by atoms with van der Waals surface area (Å²) in [6.07, 6.45) is 0. The van der Waals surface area contributed by atoms with E-state index >= 15 is 0 Å². The second-order valence-electron chi connectivity index (χ2n) is 5.55. The number of halogens is 1. The number of nitro groups is 1. The highest BCUT2D eigenvalue weighted by Crippen LogP contribution is 2.46. The number of hydrogen-bond acceptors (Lipinski definition) is 6. The highest BCUT2D eigenvalue weighted by molar-refractivity contribution is 6.30. The normalized spacial score (nSPS) is 11.4. The molecule has 0 heterocycles. The molecule has 2 aromatic carbocycles. The van der Waals surface area contributed by atoms with Crippen LogP contribution in [0.25, 0.3) is 0 Å². The molecule has 2 rings (SSSR count). The predicted molar refractivity (Wildman–Crippen MR) is 100 cm³/mol. The Morgan fingerprint density at radius 2 is 1.81 bits per heavy atom. The average Bonchev–Trinajstić information content (AvgIpc) is 2.65. The summed E-state index contributed by atoms with van der Waals surface area (Å²) >= 11 is 5.97. The zero-order valence-corrected chi connectivity index (χ0v) is 16.0. The lowest BCUT2D eigenvalue weighted by Crippen LogP contribution is -2.27. The summed E-state index contributed by atoms with van der Waals surface area (Å²) in [5.41, 5.74) is 0.0419. The number of amides is 1. The van der Waals surface area contributed by atoms with Gasteiger partial charge in [-0.3, -0.25) is 14.9 Å². The number of benzene rings is 2. The first kappa shape index (κ1) is 20.3. The van der Waals surface area contributed by atoms with Crippen LogP contribution in [-0.2, 0) is 0 Å². The van der Waals surface area contributed by atoms with Crippen LogP contribution in [0.15, 0.2) is 30.3 Å². The fourth-order valence-electron chi connectivity index (χ4n) is 2.63. The van der Waals surface area contributed by atoms with Crippen LogP contribution in [0.5, 0.6) is 17.2 Å². The van der Waals surface area contributed by atoms with Crippen molar-refractivity contribution in [3.8, 4) is 17.2 Å². The van der Waals surface area contributed by atoms with Crippen LogP contribution in [0.2, 0.25) is 5.02 Å². The molecule has 8 nitrogen and oxygen atoms in total. The Morgan fingerprint density at radius 1 is 1.15 bits per heavy atom. The van der Waals surface area contributed by atoms with Crippen molar-refractivity contribution in [2.45, 2.75) is 13.0 Å². The molecule has 0 radical (unpaired) electrons. The third kappa shape index (κ3) is 4.22. The van der Waals surface area contributed by atoms with E-state index in [9.17, 15) is 14.9 Å². The Kier molecular flexibility index (Phi) is 6.46. The van der Waals surface area contributed by atoms with Crippen LogP contribution in [0.4, 0.5) is 5.69 Å². The molecular weight excluding hydrogens is 376 g/mol. The SMILES string of the molecule is COc1cc(C(=O)NC(C)c2cccc(Cl)c2)c([N+](=O)[O-])c(OC)c1OC. The highest BCUT2D eigenvalue weighted by atomic mass is 35.5. The average molecular weight is 395 g/mol. The molecule has 9 heteroatoms. The van der Waals surface area contributed by atoms with E-state index in [4.69, 9.17) is 25.8 Å². The monoisotopic (exact) mass is 394 g/mol. The lowest BCUT2D eigenvalue weighted by molar-refractivity contribution is -0.386. The Labute approximate surface area is 161 Å². The van der Waals surface area contributed by atoms with Gasteiger partial charge in [0.2, 0.25) is 11.5 Å². The van der Waals surface area contributed by atoms with E-state index in [0.717, 1.165) is 5.56 Å². The van der Waals surface area contributed by atoms with Gasteiger partial charge in [-0.05, 0) is 24.6 Å². The van der Waals surface area contributed by atoms with Crippen LogP contribution in [0, 0.1) is 10.1 Å². The van der Waals surface area contributed by atoms with Gasteiger partial charge in [-0.25, -0.2) is 0 Å². The number of nitro benzene ring substituents is 1. The van der Waals surface area contributed by atoms with Gasteiger partial charge < -0.3 is 19.5 Å². The zero-order chi connectivity index (χ0) is 20.1. The van der Waals surface area contributed by atoms with Gasteiger partial charge >= 0.3 is 5.69 Å². The molecule has 0 aliphatic rings. The van der Waals surface area contributed by atoms with Crippen molar-refractivity contribution in [3.05, 3.63) is 56.6 Å². The first-order chi connectivity index (χ1) is 12.8. The number of nitrogens with one attached hydrogen (secondary N) is 1. The van der Waals surface area contributed by atoms with Crippen molar-refractivity contribution < 1.29 is 23.9 Å². The maximum atomic E-state index is 12.8. The number of rotatable bonds is 7. The summed E-state index contributed by atoms with van der Waals surface area (Å²) in [6.45, 7) is 1.74. The third-order valence-electron chi connectivity index (χ3n) is 3.93. The summed E-state index contributed by atoms with van der Waals surface area (Å²) in [6, 6.07) is 7.77. The summed E-state index contributed by atoms with van der Waals surface area (Å²) in [5.74, 6) is -0.678. The standard InChI is InChI=1S/C18H19ClN2O6/c1-10(11-6-5-7-12(19)8-11)20-18(22)13-9-14(25-2)16(26-3)17(27-4)15(13)21(23)24/h5-10H,1-4H3,(H,20,22). The minimum Gasteiger partial charge on any atom is -0.493 e. The van der Waals surface area contributed by atoms with Crippen LogP contribution < -0.4 is 19.5 Å². The molecule has 1 unspecified atom stereocenters. The van der Waals surface area contributed by atoms with Gasteiger partial charge in [-0.2, -0.15) is 0 Å². The molecule has 0 saturated carbocycles. The molecule has 27 heavy (non-hydrogen) atoms. The van der Waals surface area contributed by atoms with Gasteiger partial charge in [-0.15, -0.1) is 0 Å². The molecule has 1 amide bonds. The number of methoxy groups -OCH3 is 3. The summed E-state index contributed by atoms with van der Waals surface area (Å²) in [5, 5.41) is 14.8. The van der Waals surface area contributed by atoms with E-state index in [-0.39, 0.29) is 22.8 Å². The molecule has 144 valence electrons. The number of carbonyl (C=O) groups excluding carboxylic acids is 1. The molecule has 0 bridgehead atoms. The summed E-state index contributed by atoms with van der Waals surface area (Å²) < 4.78 is 15.5. The van der Waals surface area contributed by atoms with Crippen LogP contribution in [-0.4, -0.2) is 32.2 Å². The van der Waals surface area contributed by atoms with Crippen molar-refractivity contribution in [3.63, 3.8) is 0 Å². The molecule has 0 aliphatic heterocycles. The Bertz CT molecular complexity index is 871. The Balaban J connectivity index is 2.49. The van der Waals surface area contributed by atoms with Crippen molar-refractivity contribution in [1.29, 1.82) is 0 Å². The highest BCUT2D eigenvalue weighted by Gasteiger charge is 2.32. The lowest BCUT2D eigenvalue weighted by atomic mass is 10.1. The van der Waals surface area contributed by atoms with Crippen molar-refractivity contribution in [2.24, 2.45) is 0 Å². The summed E-state index contributed by atoms with van der Waals surface area (Å²) in [7, 11) is 3.94. The largest absolute Gasteiger partial charge is 0.493 e. The number of carbonyl (C=O) groups is 1. The molecule has 0 aromatic heterocycles. The van der Waals surface area contributed by atoms with Gasteiger partial charge in [0.25, 0.3) is 5.91 Å². The second-order valence-corrected chi connectivity index (χ2v) is 5.99. The zero-order valence-electron chi connectivity index (χ0n) is 15.2. The first-order valence-electron chi connectivity index (χ1n) is 7.87. The van der Waals surface area contributed by atoms with Crippen molar-refractivity contribution >= 4 is 23.2 Å². The topological polar surface area (TPSA) is 99.9 Å². The molecule has 0 saturated heterocycles. The van der Waals surface area contributed by atoms with E-state index in [0.29, 0.717) is 5.02 Å². The number of nitrogens with zero attached hydrogens (tertiary/aromatic N) is 1. The Hall–Kier alpha value is -3.00. The molecular formula is C18H19ClN2O6. The minimum atomic E-state index is -0.695. The van der Waals surface area contributed by atoms with Crippen LogP contribution in [0.3, 0.4) is 0 Å².